The Bertz CT molecular complexity index is 511. The molecular formula is C19H30N2O2. The average molecular weight is 318 g/mol. The highest BCUT2D eigenvalue weighted by molar-refractivity contribution is 5.67. The van der Waals surface area contributed by atoms with Crippen LogP contribution in [-0.4, -0.2) is 24.8 Å². The molecule has 2 rings (SSSR count). The van der Waals surface area contributed by atoms with Crippen LogP contribution >= 0.6 is 0 Å². The number of alkyl carbamates (subject to hydrolysis) is 1. The van der Waals surface area contributed by atoms with Gasteiger partial charge in [0.2, 0.25) is 0 Å². The van der Waals surface area contributed by atoms with Gasteiger partial charge in [-0.25, -0.2) is 4.79 Å². The van der Waals surface area contributed by atoms with Crippen molar-refractivity contribution < 1.29 is 9.53 Å². The standard InChI is InChI=1S/C19H30N2O2/c1-15-7-9-16(10-8-15)19(11-5-6-13-21-19)12-14-20-17(22)23-18(2,3)4/h7-10,21H,5-6,11-14H2,1-4H3,(H,20,22). The predicted molar refractivity (Wildman–Crippen MR) is 93.6 cm³/mol. The Morgan fingerprint density at radius 3 is 2.52 bits per heavy atom. The van der Waals surface area contributed by atoms with Gasteiger partial charge in [0.1, 0.15) is 5.60 Å². The first-order chi connectivity index (χ1) is 10.8. The minimum Gasteiger partial charge on any atom is -0.444 e. The van der Waals surface area contributed by atoms with Gasteiger partial charge in [-0.15, -0.1) is 0 Å². The third-order valence-corrected chi connectivity index (χ3v) is 4.32. The summed E-state index contributed by atoms with van der Waals surface area (Å²) in [6, 6.07) is 8.74. The Morgan fingerprint density at radius 1 is 1.26 bits per heavy atom. The highest BCUT2D eigenvalue weighted by Gasteiger charge is 2.33. The van der Waals surface area contributed by atoms with E-state index in [1.807, 2.05) is 20.8 Å². The van der Waals surface area contributed by atoms with Gasteiger partial charge < -0.3 is 15.4 Å². The first-order valence-electron chi connectivity index (χ1n) is 8.60. The zero-order valence-corrected chi connectivity index (χ0v) is 14.9. The number of carbonyl (C=O) groups is 1. The van der Waals surface area contributed by atoms with Gasteiger partial charge in [-0.05, 0) is 59.1 Å². The number of hydrogen-bond acceptors (Lipinski definition) is 3. The number of aryl methyl sites for hydroxylation is 1. The lowest BCUT2D eigenvalue weighted by molar-refractivity contribution is 0.0520. The monoisotopic (exact) mass is 318 g/mol. The summed E-state index contributed by atoms with van der Waals surface area (Å²) in [5.41, 5.74) is 2.09. The van der Waals surface area contributed by atoms with Gasteiger partial charge in [0.15, 0.2) is 0 Å². The minimum atomic E-state index is -0.457. The molecule has 1 saturated heterocycles. The molecule has 0 radical (unpaired) electrons. The van der Waals surface area contributed by atoms with E-state index >= 15 is 0 Å². The van der Waals surface area contributed by atoms with E-state index in [-0.39, 0.29) is 11.6 Å². The van der Waals surface area contributed by atoms with E-state index in [4.69, 9.17) is 4.74 Å². The van der Waals surface area contributed by atoms with Gasteiger partial charge >= 0.3 is 6.09 Å². The normalized spacial score (nSPS) is 21.7. The first-order valence-corrected chi connectivity index (χ1v) is 8.60. The third-order valence-electron chi connectivity index (χ3n) is 4.32. The number of benzene rings is 1. The smallest absolute Gasteiger partial charge is 0.407 e. The average Bonchev–Trinajstić information content (AvgIpc) is 2.47. The van der Waals surface area contributed by atoms with Crippen LogP contribution in [0.4, 0.5) is 4.79 Å². The zero-order valence-electron chi connectivity index (χ0n) is 14.9. The lowest BCUT2D eigenvalue weighted by Crippen LogP contribution is -2.48. The molecule has 1 aromatic carbocycles. The summed E-state index contributed by atoms with van der Waals surface area (Å²) in [5.74, 6) is 0. The molecule has 2 N–H and O–H groups in total. The van der Waals surface area contributed by atoms with E-state index in [9.17, 15) is 4.79 Å². The van der Waals surface area contributed by atoms with Crippen molar-refractivity contribution in [3.8, 4) is 0 Å². The van der Waals surface area contributed by atoms with E-state index in [0.29, 0.717) is 6.54 Å². The molecule has 0 spiro atoms. The van der Waals surface area contributed by atoms with Crippen molar-refractivity contribution in [2.75, 3.05) is 13.1 Å². The Kier molecular flexibility index (Phi) is 5.69. The van der Waals surface area contributed by atoms with Crippen molar-refractivity contribution in [2.45, 2.75) is 64.5 Å². The maximum atomic E-state index is 11.8. The Balaban J connectivity index is 1.99. The number of nitrogens with one attached hydrogen (secondary N) is 2. The second kappa shape index (κ2) is 7.35. The fraction of sp³-hybridized carbons (Fsp3) is 0.632. The molecule has 4 heteroatoms. The highest BCUT2D eigenvalue weighted by atomic mass is 16.6. The molecule has 4 nitrogen and oxygen atoms in total. The molecule has 1 aliphatic rings. The summed E-state index contributed by atoms with van der Waals surface area (Å²) in [5, 5.41) is 6.59. The molecule has 0 aliphatic carbocycles. The van der Waals surface area contributed by atoms with E-state index < -0.39 is 5.60 Å². The maximum Gasteiger partial charge on any atom is 0.407 e. The van der Waals surface area contributed by atoms with Crippen LogP contribution in [0.3, 0.4) is 0 Å². The van der Waals surface area contributed by atoms with Crippen LogP contribution in [0.25, 0.3) is 0 Å². The van der Waals surface area contributed by atoms with Crippen LogP contribution in [-0.2, 0) is 10.3 Å². The zero-order chi connectivity index (χ0) is 16.9. The summed E-state index contributed by atoms with van der Waals surface area (Å²) in [7, 11) is 0. The van der Waals surface area contributed by atoms with Gasteiger partial charge in [-0.1, -0.05) is 36.2 Å². The second-order valence-corrected chi connectivity index (χ2v) is 7.51. The lowest BCUT2D eigenvalue weighted by Gasteiger charge is -2.39. The van der Waals surface area contributed by atoms with Gasteiger partial charge in [-0.3, -0.25) is 0 Å². The largest absolute Gasteiger partial charge is 0.444 e. The first kappa shape index (κ1) is 17.8. The molecular weight excluding hydrogens is 288 g/mol. The molecule has 23 heavy (non-hydrogen) atoms. The quantitative estimate of drug-likeness (QED) is 0.886. The van der Waals surface area contributed by atoms with Crippen LogP contribution < -0.4 is 10.6 Å². The number of ether oxygens (including phenoxy) is 1. The number of carbonyl (C=O) groups excluding carboxylic acids is 1. The van der Waals surface area contributed by atoms with Crippen molar-refractivity contribution >= 4 is 6.09 Å². The molecule has 1 unspecified atom stereocenters. The Hall–Kier alpha value is -1.55. The molecule has 0 saturated carbocycles. The third kappa shape index (κ3) is 5.24. The topological polar surface area (TPSA) is 50.4 Å². The number of hydrogen-bond donors (Lipinski definition) is 2. The molecule has 1 heterocycles. The molecule has 1 aromatic rings. The molecule has 1 aliphatic heterocycles. The fourth-order valence-corrected chi connectivity index (χ4v) is 3.14. The van der Waals surface area contributed by atoms with Gasteiger partial charge in [0.25, 0.3) is 0 Å². The summed E-state index contributed by atoms with van der Waals surface area (Å²) >= 11 is 0. The predicted octanol–water partition coefficient (Wildman–Crippen LogP) is 3.88. The van der Waals surface area contributed by atoms with Crippen LogP contribution in [0.5, 0.6) is 0 Å². The summed E-state index contributed by atoms with van der Waals surface area (Å²) in [6.07, 6.45) is 4.06. The van der Waals surface area contributed by atoms with Crippen LogP contribution in [0.15, 0.2) is 24.3 Å². The minimum absolute atomic E-state index is 0.0407. The van der Waals surface area contributed by atoms with Crippen molar-refractivity contribution in [2.24, 2.45) is 0 Å². The molecule has 1 amide bonds. The number of amides is 1. The second-order valence-electron chi connectivity index (χ2n) is 7.51. The Labute approximate surface area is 140 Å². The molecule has 1 fully saturated rings. The van der Waals surface area contributed by atoms with Crippen LogP contribution in [0.2, 0.25) is 0 Å². The van der Waals surface area contributed by atoms with E-state index in [1.54, 1.807) is 0 Å². The fourth-order valence-electron chi connectivity index (χ4n) is 3.14. The van der Waals surface area contributed by atoms with E-state index in [1.165, 1.54) is 24.0 Å². The summed E-state index contributed by atoms with van der Waals surface area (Å²) < 4.78 is 5.31. The van der Waals surface area contributed by atoms with Gasteiger partial charge in [0.05, 0.1) is 0 Å². The molecule has 0 aromatic heterocycles. The maximum absolute atomic E-state index is 11.8. The highest BCUT2D eigenvalue weighted by Crippen LogP contribution is 2.33. The summed E-state index contributed by atoms with van der Waals surface area (Å²) in [6.45, 7) is 9.38. The number of rotatable bonds is 4. The lowest BCUT2D eigenvalue weighted by atomic mass is 9.79. The summed E-state index contributed by atoms with van der Waals surface area (Å²) in [4.78, 5) is 11.8. The van der Waals surface area contributed by atoms with Crippen LogP contribution in [0.1, 0.15) is 57.6 Å². The van der Waals surface area contributed by atoms with Crippen molar-refractivity contribution in [1.29, 1.82) is 0 Å². The Morgan fingerprint density at radius 2 is 1.96 bits per heavy atom. The molecule has 128 valence electrons. The van der Waals surface area contributed by atoms with Crippen molar-refractivity contribution in [1.82, 2.24) is 10.6 Å². The van der Waals surface area contributed by atoms with Crippen LogP contribution in [0, 0.1) is 6.92 Å². The molecule has 1 atom stereocenters. The van der Waals surface area contributed by atoms with Crippen molar-refractivity contribution in [3.05, 3.63) is 35.4 Å². The van der Waals surface area contributed by atoms with E-state index in [2.05, 4.69) is 41.8 Å². The van der Waals surface area contributed by atoms with Crippen molar-refractivity contribution in [3.63, 3.8) is 0 Å². The van der Waals surface area contributed by atoms with Gasteiger partial charge in [-0.2, -0.15) is 0 Å². The SMILES string of the molecule is Cc1ccc(C2(CCNC(=O)OC(C)(C)C)CCCCN2)cc1. The van der Waals surface area contributed by atoms with E-state index in [0.717, 1.165) is 19.4 Å². The number of piperidine rings is 1. The molecule has 0 bridgehead atoms. The van der Waals surface area contributed by atoms with Gasteiger partial charge in [0, 0.05) is 12.1 Å².